The molecule has 0 spiro atoms. The number of rotatable bonds is 6. The third-order valence-electron chi connectivity index (χ3n) is 7.62. The number of nitrogens with one attached hydrogen (secondary N) is 1. The average molecular weight is 460 g/mol. The van der Waals surface area contributed by atoms with E-state index in [9.17, 15) is 17.9 Å². The lowest BCUT2D eigenvalue weighted by Crippen LogP contribution is -2.42. The van der Waals surface area contributed by atoms with Gasteiger partial charge in [0.25, 0.3) is 0 Å². The van der Waals surface area contributed by atoms with Gasteiger partial charge in [0.05, 0.1) is 16.8 Å². The van der Waals surface area contributed by atoms with E-state index in [0.717, 1.165) is 43.5 Å². The Bertz CT molecular complexity index is 1050. The summed E-state index contributed by atoms with van der Waals surface area (Å²) in [4.78, 5) is 0.312. The van der Waals surface area contributed by atoms with Crippen LogP contribution in [0.4, 0.5) is 4.39 Å². The first-order valence-electron chi connectivity index (χ1n) is 11.8. The van der Waals surface area contributed by atoms with Crippen molar-refractivity contribution >= 4 is 9.84 Å². The summed E-state index contributed by atoms with van der Waals surface area (Å²) < 4.78 is 41.1. The summed E-state index contributed by atoms with van der Waals surface area (Å²) in [5.41, 5.74) is 1.76. The zero-order chi connectivity index (χ0) is 22.9. The van der Waals surface area contributed by atoms with Gasteiger partial charge in [-0.2, -0.15) is 0 Å². The molecule has 2 aromatic rings. The Morgan fingerprint density at radius 2 is 1.84 bits per heavy atom. The molecular formula is C26H34FNO3S. The van der Waals surface area contributed by atoms with E-state index in [-0.39, 0.29) is 11.6 Å². The topological polar surface area (TPSA) is 66.4 Å². The minimum absolute atomic E-state index is 0.0628. The van der Waals surface area contributed by atoms with E-state index in [0.29, 0.717) is 29.2 Å². The van der Waals surface area contributed by atoms with Crippen molar-refractivity contribution in [2.24, 2.45) is 5.41 Å². The third kappa shape index (κ3) is 4.25. The van der Waals surface area contributed by atoms with Crippen molar-refractivity contribution in [2.75, 3.05) is 18.8 Å². The van der Waals surface area contributed by atoms with E-state index in [1.165, 1.54) is 12.1 Å². The molecule has 0 saturated carbocycles. The van der Waals surface area contributed by atoms with Gasteiger partial charge in [0.15, 0.2) is 9.84 Å². The van der Waals surface area contributed by atoms with Gasteiger partial charge in [-0.05, 0) is 66.6 Å². The fourth-order valence-electron chi connectivity index (χ4n) is 5.62. The molecule has 32 heavy (non-hydrogen) atoms. The van der Waals surface area contributed by atoms with E-state index in [1.807, 2.05) is 19.1 Å². The van der Waals surface area contributed by atoms with Crippen molar-refractivity contribution in [1.82, 2.24) is 5.32 Å². The van der Waals surface area contributed by atoms with E-state index < -0.39 is 27.3 Å². The standard InChI is InChI=1S/C26H34FNO3S/c1-3-5-13-26(4-2)17-32(30,31)23-11-8-19(20-12-14-28-16-20)15-22(23)24(25(26)29)18-6-9-21(27)10-7-18/h6-11,15,20,24-25,28-29H,3-5,12-14,16-17H2,1-2H3/t20?,24-,25-,26-/m1/s1. The minimum Gasteiger partial charge on any atom is -0.392 e. The maximum absolute atomic E-state index is 13.7. The highest BCUT2D eigenvalue weighted by atomic mass is 32.2. The van der Waals surface area contributed by atoms with Crippen LogP contribution in [0.25, 0.3) is 0 Å². The number of aliphatic hydroxyl groups is 1. The van der Waals surface area contributed by atoms with Crippen LogP contribution in [-0.2, 0) is 9.84 Å². The van der Waals surface area contributed by atoms with Crippen LogP contribution in [0, 0.1) is 11.2 Å². The van der Waals surface area contributed by atoms with E-state index in [1.54, 1.807) is 18.2 Å². The summed E-state index contributed by atoms with van der Waals surface area (Å²) in [7, 11) is -3.60. The van der Waals surface area contributed by atoms with Crippen LogP contribution in [0.15, 0.2) is 47.4 Å². The minimum atomic E-state index is -3.60. The smallest absolute Gasteiger partial charge is 0.179 e. The second kappa shape index (κ2) is 9.24. The summed E-state index contributed by atoms with van der Waals surface area (Å²) in [6.45, 7) is 5.86. The van der Waals surface area contributed by atoms with Gasteiger partial charge >= 0.3 is 0 Å². The Labute approximate surface area is 191 Å². The summed E-state index contributed by atoms with van der Waals surface area (Å²) in [6.07, 6.45) is 3.12. The number of hydrogen-bond acceptors (Lipinski definition) is 4. The number of sulfone groups is 1. The predicted molar refractivity (Wildman–Crippen MR) is 125 cm³/mol. The van der Waals surface area contributed by atoms with Gasteiger partial charge in [-0.25, -0.2) is 12.8 Å². The first kappa shape index (κ1) is 23.4. The molecule has 4 atom stereocenters. The SMILES string of the molecule is CCCC[C@]1(CC)CS(=O)(=O)c2ccc(C3CCNC3)cc2[C@@H](c2ccc(F)cc2)[C@H]1O. The van der Waals surface area contributed by atoms with Gasteiger partial charge in [0.1, 0.15) is 5.82 Å². The predicted octanol–water partition coefficient (Wildman–Crippen LogP) is 4.77. The van der Waals surface area contributed by atoms with Crippen molar-refractivity contribution in [3.8, 4) is 0 Å². The molecule has 2 N–H and O–H groups in total. The zero-order valence-electron chi connectivity index (χ0n) is 19.0. The van der Waals surface area contributed by atoms with Crippen LogP contribution in [-0.4, -0.2) is 38.5 Å². The van der Waals surface area contributed by atoms with Crippen molar-refractivity contribution < 1.29 is 17.9 Å². The Kier molecular flexibility index (Phi) is 6.76. The normalized spacial score (nSPS) is 29.4. The number of unbranched alkanes of at least 4 members (excludes halogenated alkanes) is 1. The molecule has 0 radical (unpaired) electrons. The molecule has 4 nitrogen and oxygen atoms in total. The lowest BCUT2D eigenvalue weighted by molar-refractivity contribution is 0.0174. The lowest BCUT2D eigenvalue weighted by atomic mass is 9.69. The monoisotopic (exact) mass is 459 g/mol. The van der Waals surface area contributed by atoms with Crippen LogP contribution < -0.4 is 5.32 Å². The molecule has 6 heteroatoms. The van der Waals surface area contributed by atoms with Crippen LogP contribution in [0.5, 0.6) is 0 Å². The Hall–Kier alpha value is -1.76. The van der Waals surface area contributed by atoms with Crippen molar-refractivity contribution in [3.05, 3.63) is 65.0 Å². The van der Waals surface area contributed by atoms with Gasteiger partial charge in [-0.3, -0.25) is 0 Å². The number of halogens is 1. The Balaban J connectivity index is 1.93. The summed E-state index contributed by atoms with van der Waals surface area (Å²) in [6, 6.07) is 11.8. The first-order valence-corrected chi connectivity index (χ1v) is 13.5. The fraction of sp³-hybridized carbons (Fsp3) is 0.538. The molecule has 1 saturated heterocycles. The molecule has 0 aromatic heterocycles. The van der Waals surface area contributed by atoms with E-state index in [4.69, 9.17) is 0 Å². The van der Waals surface area contributed by atoms with Gasteiger partial charge in [0.2, 0.25) is 0 Å². The second-order valence-electron chi connectivity index (χ2n) is 9.54. The highest BCUT2D eigenvalue weighted by molar-refractivity contribution is 7.91. The fourth-order valence-corrected chi connectivity index (χ4v) is 7.87. The van der Waals surface area contributed by atoms with Crippen LogP contribution >= 0.6 is 0 Å². The second-order valence-corrected chi connectivity index (χ2v) is 11.5. The third-order valence-corrected chi connectivity index (χ3v) is 9.61. The first-order chi connectivity index (χ1) is 15.3. The molecule has 174 valence electrons. The van der Waals surface area contributed by atoms with Crippen molar-refractivity contribution in [1.29, 1.82) is 0 Å². The summed E-state index contributed by atoms with van der Waals surface area (Å²) >= 11 is 0. The van der Waals surface area contributed by atoms with Gasteiger partial charge in [-0.1, -0.05) is 51.0 Å². The van der Waals surface area contributed by atoms with Crippen molar-refractivity contribution in [3.63, 3.8) is 0 Å². The molecule has 0 aliphatic carbocycles. The molecule has 1 fully saturated rings. The summed E-state index contributed by atoms with van der Waals surface area (Å²) in [5.74, 6) is -0.599. The number of aliphatic hydroxyl groups excluding tert-OH is 1. The molecule has 2 aliphatic rings. The molecule has 0 bridgehead atoms. The average Bonchev–Trinajstić information content (AvgIpc) is 3.31. The van der Waals surface area contributed by atoms with E-state index in [2.05, 4.69) is 12.2 Å². The Morgan fingerprint density at radius 3 is 2.47 bits per heavy atom. The highest BCUT2D eigenvalue weighted by Crippen LogP contribution is 2.49. The largest absolute Gasteiger partial charge is 0.392 e. The van der Waals surface area contributed by atoms with Crippen LogP contribution in [0.1, 0.15) is 74.5 Å². The van der Waals surface area contributed by atoms with Gasteiger partial charge in [-0.15, -0.1) is 0 Å². The van der Waals surface area contributed by atoms with Gasteiger partial charge < -0.3 is 10.4 Å². The summed E-state index contributed by atoms with van der Waals surface area (Å²) in [5, 5.41) is 15.2. The zero-order valence-corrected chi connectivity index (χ0v) is 19.8. The lowest BCUT2D eigenvalue weighted by Gasteiger charge is -2.39. The number of hydrogen-bond donors (Lipinski definition) is 2. The van der Waals surface area contributed by atoms with Crippen LogP contribution in [0.2, 0.25) is 0 Å². The maximum Gasteiger partial charge on any atom is 0.179 e. The quantitative estimate of drug-likeness (QED) is 0.653. The van der Waals surface area contributed by atoms with Crippen molar-refractivity contribution in [2.45, 2.75) is 68.8 Å². The number of fused-ring (bicyclic) bond motifs is 1. The molecule has 1 unspecified atom stereocenters. The van der Waals surface area contributed by atoms with Gasteiger partial charge in [0, 0.05) is 17.9 Å². The Morgan fingerprint density at radius 1 is 1.12 bits per heavy atom. The number of benzene rings is 2. The molecule has 4 rings (SSSR count). The molecule has 2 heterocycles. The molecule has 2 aliphatic heterocycles. The maximum atomic E-state index is 13.7. The molecule has 2 aromatic carbocycles. The molecular weight excluding hydrogens is 425 g/mol. The van der Waals surface area contributed by atoms with E-state index >= 15 is 0 Å². The highest BCUT2D eigenvalue weighted by Gasteiger charge is 2.49. The van der Waals surface area contributed by atoms with Crippen LogP contribution in [0.3, 0.4) is 0 Å². The molecule has 0 amide bonds.